The third-order valence-corrected chi connectivity index (χ3v) is 5.03. The summed E-state index contributed by atoms with van der Waals surface area (Å²) in [6.07, 6.45) is 0.214. The van der Waals surface area contributed by atoms with E-state index in [9.17, 15) is 18.4 Å². The van der Waals surface area contributed by atoms with Gasteiger partial charge in [-0.05, 0) is 36.2 Å². The average molecular weight is 442 g/mol. The maximum Gasteiger partial charge on any atom is 0.332 e. The zero-order valence-electron chi connectivity index (χ0n) is 17.2. The molecule has 10 heteroatoms. The van der Waals surface area contributed by atoms with Gasteiger partial charge in [0, 0.05) is 20.2 Å². The third kappa shape index (κ3) is 3.92. The molecule has 8 nitrogen and oxygen atoms in total. The highest BCUT2D eigenvalue weighted by Gasteiger charge is 2.22. The molecule has 1 N–H and O–H groups in total. The van der Waals surface area contributed by atoms with Crippen LogP contribution in [0.3, 0.4) is 0 Å². The highest BCUT2D eigenvalue weighted by molar-refractivity contribution is 5.72. The number of hydrogen-bond acceptors (Lipinski definition) is 5. The fourth-order valence-electron chi connectivity index (χ4n) is 3.40. The van der Waals surface area contributed by atoms with Gasteiger partial charge in [0.25, 0.3) is 5.56 Å². The first-order valence-corrected chi connectivity index (χ1v) is 9.88. The molecule has 0 saturated heterocycles. The number of rotatable bonds is 7. The first-order chi connectivity index (χ1) is 15.4. The summed E-state index contributed by atoms with van der Waals surface area (Å²) in [7, 11) is 1.46. The number of nitrogens with zero attached hydrogens (tertiary/aromatic N) is 4. The Morgan fingerprint density at radius 1 is 1.03 bits per heavy atom. The van der Waals surface area contributed by atoms with Crippen molar-refractivity contribution in [2.75, 3.05) is 6.61 Å². The Bertz CT molecular complexity index is 1390. The van der Waals surface area contributed by atoms with Crippen molar-refractivity contribution < 1.29 is 18.6 Å². The van der Waals surface area contributed by atoms with E-state index in [1.807, 2.05) is 0 Å². The van der Waals surface area contributed by atoms with Crippen LogP contribution in [0.4, 0.5) is 8.78 Å². The van der Waals surface area contributed by atoms with Crippen LogP contribution >= 0.6 is 0 Å². The van der Waals surface area contributed by atoms with Gasteiger partial charge in [-0.25, -0.2) is 13.6 Å². The van der Waals surface area contributed by atoms with E-state index in [4.69, 9.17) is 9.84 Å². The summed E-state index contributed by atoms with van der Waals surface area (Å²) in [5.41, 5.74) is -0.442. The number of aryl methyl sites for hydroxylation is 1. The Kier molecular flexibility index (Phi) is 5.87. The number of aliphatic hydroxyl groups excluding tert-OH is 1. The summed E-state index contributed by atoms with van der Waals surface area (Å²) in [5.74, 6) is -1.14. The molecule has 32 heavy (non-hydrogen) atoms. The molecule has 2 aromatic heterocycles. The van der Waals surface area contributed by atoms with Gasteiger partial charge in [-0.1, -0.05) is 24.3 Å². The van der Waals surface area contributed by atoms with Crippen molar-refractivity contribution >= 4 is 11.2 Å². The average Bonchev–Trinajstić information content (AvgIpc) is 3.13. The van der Waals surface area contributed by atoms with Crippen LogP contribution in [0.1, 0.15) is 12.0 Å². The first kappa shape index (κ1) is 21.4. The minimum absolute atomic E-state index is 0.0170. The SMILES string of the molecule is Cn1c(=O)n(CCCO)c(=O)c2c1nc(Oc1ccccc1F)n2Cc1ccc(F)cc1. The quantitative estimate of drug-likeness (QED) is 0.475. The second-order valence-electron chi connectivity index (χ2n) is 7.19. The summed E-state index contributed by atoms with van der Waals surface area (Å²) in [6, 6.07) is 11.3. The number of hydrogen-bond donors (Lipinski definition) is 1. The molecular weight excluding hydrogens is 422 g/mol. The second-order valence-corrected chi connectivity index (χ2v) is 7.19. The molecule has 0 fully saturated rings. The van der Waals surface area contributed by atoms with Crippen LogP contribution in [0, 0.1) is 11.6 Å². The Balaban J connectivity index is 1.95. The number of ether oxygens (including phenoxy) is 1. The lowest BCUT2D eigenvalue weighted by molar-refractivity contribution is 0.277. The minimum atomic E-state index is -0.623. The Morgan fingerprint density at radius 3 is 2.44 bits per heavy atom. The van der Waals surface area contributed by atoms with Gasteiger partial charge in [-0.2, -0.15) is 4.98 Å². The molecule has 0 aliphatic heterocycles. The lowest BCUT2D eigenvalue weighted by Crippen LogP contribution is -2.39. The van der Waals surface area contributed by atoms with E-state index in [0.29, 0.717) is 5.56 Å². The maximum absolute atomic E-state index is 14.2. The maximum atomic E-state index is 14.2. The van der Waals surface area contributed by atoms with Gasteiger partial charge in [0.15, 0.2) is 22.7 Å². The van der Waals surface area contributed by atoms with E-state index in [2.05, 4.69) is 4.98 Å². The van der Waals surface area contributed by atoms with Crippen molar-refractivity contribution in [1.82, 2.24) is 18.7 Å². The summed E-state index contributed by atoms with van der Waals surface area (Å²) in [6.45, 7) is -0.110. The highest BCUT2D eigenvalue weighted by atomic mass is 19.1. The fourth-order valence-corrected chi connectivity index (χ4v) is 3.40. The molecule has 0 saturated carbocycles. The van der Waals surface area contributed by atoms with Crippen LogP contribution in [0.15, 0.2) is 58.1 Å². The zero-order valence-corrected chi connectivity index (χ0v) is 17.2. The summed E-state index contributed by atoms with van der Waals surface area (Å²) in [5, 5.41) is 9.13. The molecule has 0 spiro atoms. The van der Waals surface area contributed by atoms with Crippen molar-refractivity contribution in [2.45, 2.75) is 19.5 Å². The summed E-state index contributed by atoms with van der Waals surface area (Å²) in [4.78, 5) is 30.2. The van der Waals surface area contributed by atoms with Gasteiger partial charge in [-0.15, -0.1) is 0 Å². The van der Waals surface area contributed by atoms with Gasteiger partial charge in [0.05, 0.1) is 6.54 Å². The molecule has 0 atom stereocenters. The van der Waals surface area contributed by atoms with Crippen LogP contribution in [0.2, 0.25) is 0 Å². The molecule has 166 valence electrons. The lowest BCUT2D eigenvalue weighted by atomic mass is 10.2. The number of aromatic nitrogens is 4. The number of para-hydroxylation sites is 1. The number of halogens is 2. The Labute approximate surface area is 180 Å². The number of aliphatic hydroxyl groups is 1. The molecule has 0 aliphatic rings. The van der Waals surface area contributed by atoms with Gasteiger partial charge < -0.3 is 9.84 Å². The minimum Gasteiger partial charge on any atom is -0.422 e. The van der Waals surface area contributed by atoms with Crippen molar-refractivity contribution in [3.8, 4) is 11.8 Å². The van der Waals surface area contributed by atoms with Crippen LogP contribution in [-0.2, 0) is 20.1 Å². The molecule has 2 aromatic carbocycles. The van der Waals surface area contributed by atoms with E-state index >= 15 is 0 Å². The zero-order chi connectivity index (χ0) is 22.8. The normalized spacial score (nSPS) is 11.2. The predicted molar refractivity (Wildman–Crippen MR) is 113 cm³/mol. The van der Waals surface area contributed by atoms with Crippen molar-refractivity contribution in [3.63, 3.8) is 0 Å². The van der Waals surface area contributed by atoms with Gasteiger partial charge >= 0.3 is 11.7 Å². The van der Waals surface area contributed by atoms with Crippen molar-refractivity contribution in [3.05, 3.63) is 86.6 Å². The van der Waals surface area contributed by atoms with Crippen molar-refractivity contribution in [1.29, 1.82) is 0 Å². The smallest absolute Gasteiger partial charge is 0.332 e. The molecule has 0 unspecified atom stereocenters. The largest absolute Gasteiger partial charge is 0.422 e. The number of fused-ring (bicyclic) bond motifs is 1. The van der Waals surface area contributed by atoms with Crippen LogP contribution in [-0.4, -0.2) is 30.4 Å². The van der Waals surface area contributed by atoms with Gasteiger partial charge in [0.1, 0.15) is 5.82 Å². The number of imidazole rings is 1. The van der Waals surface area contributed by atoms with E-state index < -0.39 is 22.9 Å². The fraction of sp³-hybridized carbons (Fsp3) is 0.227. The Hall–Kier alpha value is -3.79. The predicted octanol–water partition coefficient (Wildman–Crippen LogP) is 2.40. The molecule has 4 rings (SSSR count). The second kappa shape index (κ2) is 8.75. The number of benzene rings is 2. The van der Waals surface area contributed by atoms with E-state index in [-0.39, 0.29) is 49.0 Å². The lowest BCUT2D eigenvalue weighted by Gasteiger charge is -2.11. The van der Waals surface area contributed by atoms with Crippen LogP contribution in [0.5, 0.6) is 11.8 Å². The van der Waals surface area contributed by atoms with E-state index in [1.54, 1.807) is 18.2 Å². The van der Waals surface area contributed by atoms with Crippen LogP contribution < -0.4 is 16.0 Å². The standard InChI is InChI=1S/C22H20F2N4O4/c1-26-19-18(20(30)27(22(26)31)11-4-12-29)28(13-14-7-9-15(23)10-8-14)21(25-19)32-17-6-3-2-5-16(17)24/h2-3,5-10,29H,4,11-13H2,1H3. The van der Waals surface area contributed by atoms with E-state index in [0.717, 1.165) is 4.57 Å². The van der Waals surface area contributed by atoms with Crippen LogP contribution in [0.25, 0.3) is 11.2 Å². The molecular formula is C22H20F2N4O4. The first-order valence-electron chi connectivity index (χ1n) is 9.88. The molecule has 4 aromatic rings. The molecule has 0 radical (unpaired) electrons. The van der Waals surface area contributed by atoms with Gasteiger partial charge in [-0.3, -0.25) is 18.5 Å². The molecule has 0 aliphatic carbocycles. The summed E-state index contributed by atoms with van der Waals surface area (Å²) < 4.78 is 36.9. The molecule has 0 bridgehead atoms. The monoisotopic (exact) mass is 442 g/mol. The third-order valence-electron chi connectivity index (χ3n) is 5.03. The molecule has 2 heterocycles. The topological polar surface area (TPSA) is 91.3 Å². The van der Waals surface area contributed by atoms with Crippen molar-refractivity contribution in [2.24, 2.45) is 7.05 Å². The Morgan fingerprint density at radius 2 is 1.75 bits per heavy atom. The molecule has 0 amide bonds. The van der Waals surface area contributed by atoms with E-state index in [1.165, 1.54) is 46.5 Å². The highest BCUT2D eigenvalue weighted by Crippen LogP contribution is 2.27. The van der Waals surface area contributed by atoms with Gasteiger partial charge in [0.2, 0.25) is 0 Å². The summed E-state index contributed by atoms with van der Waals surface area (Å²) >= 11 is 0.